The number of nitrogens with zero attached hydrogens (tertiary/aromatic N) is 2. The first-order valence-electron chi connectivity index (χ1n) is 8.50. The topological polar surface area (TPSA) is 76.0 Å². The van der Waals surface area contributed by atoms with Crippen molar-refractivity contribution in [3.63, 3.8) is 0 Å². The van der Waals surface area contributed by atoms with Gasteiger partial charge in [-0.25, -0.2) is 4.68 Å². The highest BCUT2D eigenvalue weighted by Crippen LogP contribution is 2.22. The van der Waals surface area contributed by atoms with Crippen LogP contribution in [0.4, 0.5) is 5.69 Å². The Morgan fingerprint density at radius 2 is 1.81 bits per heavy atom. The van der Waals surface area contributed by atoms with Crippen LogP contribution in [0.25, 0.3) is 5.69 Å². The van der Waals surface area contributed by atoms with Crippen molar-refractivity contribution in [1.82, 2.24) is 15.1 Å². The molecule has 2 aromatic carbocycles. The summed E-state index contributed by atoms with van der Waals surface area (Å²) in [5, 5.41) is 10.0. The van der Waals surface area contributed by atoms with E-state index in [-0.39, 0.29) is 11.8 Å². The van der Waals surface area contributed by atoms with Crippen LogP contribution >= 0.6 is 11.6 Å². The number of aromatic nitrogens is 2. The maximum absolute atomic E-state index is 12.8. The molecule has 3 rings (SSSR count). The number of halogens is 1. The molecule has 2 amide bonds. The molecule has 0 atom stereocenters. The lowest BCUT2D eigenvalue weighted by Gasteiger charge is -2.10. The lowest BCUT2D eigenvalue weighted by atomic mass is 10.1. The molecule has 1 aromatic heterocycles. The smallest absolute Gasteiger partial charge is 0.259 e. The molecule has 3 aromatic rings. The van der Waals surface area contributed by atoms with Crippen LogP contribution in [0.3, 0.4) is 0 Å². The molecular formula is C20H19ClN4O2. The van der Waals surface area contributed by atoms with Gasteiger partial charge in [-0.15, -0.1) is 0 Å². The number of nitrogens with one attached hydrogen (secondary N) is 2. The van der Waals surface area contributed by atoms with Gasteiger partial charge < -0.3 is 10.6 Å². The fourth-order valence-electron chi connectivity index (χ4n) is 2.81. The van der Waals surface area contributed by atoms with E-state index in [0.717, 1.165) is 11.4 Å². The van der Waals surface area contributed by atoms with Gasteiger partial charge in [-0.1, -0.05) is 36.7 Å². The van der Waals surface area contributed by atoms with Gasteiger partial charge in [0.2, 0.25) is 0 Å². The number of para-hydroxylation sites is 1. The van der Waals surface area contributed by atoms with Gasteiger partial charge in [0.25, 0.3) is 11.8 Å². The Balaban J connectivity index is 1.89. The molecule has 1 heterocycles. The Morgan fingerprint density at radius 3 is 2.48 bits per heavy atom. The fourth-order valence-corrected chi connectivity index (χ4v) is 3.01. The van der Waals surface area contributed by atoms with Crippen LogP contribution in [0.2, 0.25) is 5.02 Å². The monoisotopic (exact) mass is 382 g/mol. The molecular weight excluding hydrogens is 364 g/mol. The van der Waals surface area contributed by atoms with E-state index in [1.54, 1.807) is 29.1 Å². The van der Waals surface area contributed by atoms with Gasteiger partial charge in [0.05, 0.1) is 33.7 Å². The minimum atomic E-state index is -0.317. The van der Waals surface area contributed by atoms with Crippen LogP contribution in [0.1, 0.15) is 33.3 Å². The van der Waals surface area contributed by atoms with Gasteiger partial charge in [0, 0.05) is 12.7 Å². The summed E-state index contributed by atoms with van der Waals surface area (Å²) in [6.07, 6.45) is 2.19. The van der Waals surface area contributed by atoms with Gasteiger partial charge >= 0.3 is 0 Å². The number of benzene rings is 2. The first-order chi connectivity index (χ1) is 13.0. The maximum Gasteiger partial charge on any atom is 0.259 e. The summed E-state index contributed by atoms with van der Waals surface area (Å²) < 4.78 is 1.76. The number of anilines is 1. The molecule has 0 unspecified atom stereocenters. The second-order valence-corrected chi connectivity index (χ2v) is 6.24. The van der Waals surface area contributed by atoms with Crippen LogP contribution in [0, 0.1) is 0 Å². The van der Waals surface area contributed by atoms with E-state index >= 15 is 0 Å². The van der Waals surface area contributed by atoms with E-state index in [4.69, 9.17) is 11.6 Å². The summed E-state index contributed by atoms with van der Waals surface area (Å²) in [6.45, 7) is 1.97. The molecule has 6 nitrogen and oxygen atoms in total. The predicted molar refractivity (Wildman–Crippen MR) is 106 cm³/mol. The lowest BCUT2D eigenvalue weighted by molar-refractivity contribution is 0.0961. The summed E-state index contributed by atoms with van der Waals surface area (Å²) in [5.41, 5.74) is 2.96. The number of amides is 2. The average Bonchev–Trinajstić information content (AvgIpc) is 3.13. The largest absolute Gasteiger partial charge is 0.355 e. The Morgan fingerprint density at radius 1 is 1.07 bits per heavy atom. The zero-order valence-electron chi connectivity index (χ0n) is 15.0. The number of hydrogen-bond donors (Lipinski definition) is 2. The van der Waals surface area contributed by atoms with Gasteiger partial charge in [-0.3, -0.25) is 9.59 Å². The highest BCUT2D eigenvalue weighted by atomic mass is 35.5. The van der Waals surface area contributed by atoms with Crippen molar-refractivity contribution in [2.24, 2.45) is 0 Å². The van der Waals surface area contributed by atoms with Crippen molar-refractivity contribution >= 4 is 29.1 Å². The highest BCUT2D eigenvalue weighted by molar-refractivity contribution is 6.34. The van der Waals surface area contributed by atoms with Gasteiger partial charge in [0.1, 0.15) is 0 Å². The molecule has 27 heavy (non-hydrogen) atoms. The SMILES string of the molecule is CCc1c(C(=O)Nc2ccc(Cl)c(C(=O)NC)c2)cnn1-c1ccccc1. The minimum Gasteiger partial charge on any atom is -0.355 e. The summed E-state index contributed by atoms with van der Waals surface area (Å²) >= 11 is 6.06. The van der Waals surface area contributed by atoms with Gasteiger partial charge in [0.15, 0.2) is 0 Å². The fraction of sp³-hybridized carbons (Fsp3) is 0.150. The summed E-state index contributed by atoms with van der Waals surface area (Å²) in [5.74, 6) is -0.610. The molecule has 0 spiro atoms. The van der Waals surface area contributed by atoms with Crippen molar-refractivity contribution in [3.05, 3.63) is 76.6 Å². The molecule has 0 saturated heterocycles. The normalized spacial score (nSPS) is 10.5. The van der Waals surface area contributed by atoms with E-state index < -0.39 is 0 Å². The molecule has 0 aliphatic carbocycles. The van der Waals surface area contributed by atoms with Crippen molar-refractivity contribution in [1.29, 1.82) is 0 Å². The second-order valence-electron chi connectivity index (χ2n) is 5.83. The van der Waals surface area contributed by atoms with Gasteiger partial charge in [-0.05, 0) is 36.8 Å². The standard InChI is InChI=1S/C20H19ClN4O2/c1-3-18-16(12-23-25(18)14-7-5-4-6-8-14)20(27)24-13-9-10-17(21)15(11-13)19(26)22-2/h4-12H,3H2,1-2H3,(H,22,26)(H,24,27). The van der Waals surface area contributed by atoms with E-state index in [1.165, 1.54) is 7.05 Å². The van der Waals surface area contributed by atoms with E-state index in [0.29, 0.717) is 28.3 Å². The zero-order valence-corrected chi connectivity index (χ0v) is 15.7. The molecule has 7 heteroatoms. The van der Waals surface area contributed by atoms with Crippen LogP contribution in [0.5, 0.6) is 0 Å². The number of carbonyl (C=O) groups is 2. The number of rotatable bonds is 5. The van der Waals surface area contributed by atoms with Crippen LogP contribution < -0.4 is 10.6 Å². The third-order valence-electron chi connectivity index (χ3n) is 4.15. The summed E-state index contributed by atoms with van der Waals surface area (Å²) in [6, 6.07) is 14.4. The first-order valence-corrected chi connectivity index (χ1v) is 8.88. The van der Waals surface area contributed by atoms with Crippen molar-refractivity contribution < 1.29 is 9.59 Å². The number of hydrogen-bond acceptors (Lipinski definition) is 3. The maximum atomic E-state index is 12.8. The molecule has 0 fully saturated rings. The second kappa shape index (κ2) is 8.05. The van der Waals surface area contributed by atoms with Crippen molar-refractivity contribution in [2.75, 3.05) is 12.4 Å². The molecule has 0 aliphatic heterocycles. The average molecular weight is 383 g/mol. The van der Waals surface area contributed by atoms with E-state index in [9.17, 15) is 9.59 Å². The summed E-state index contributed by atoms with van der Waals surface area (Å²) in [7, 11) is 1.52. The summed E-state index contributed by atoms with van der Waals surface area (Å²) in [4.78, 5) is 24.7. The molecule has 0 aliphatic rings. The van der Waals surface area contributed by atoms with Gasteiger partial charge in [-0.2, -0.15) is 5.10 Å². The minimum absolute atomic E-state index is 0.292. The lowest BCUT2D eigenvalue weighted by Crippen LogP contribution is -2.19. The molecule has 0 saturated carbocycles. The van der Waals surface area contributed by atoms with Crippen LogP contribution in [-0.2, 0) is 6.42 Å². The van der Waals surface area contributed by atoms with Crippen LogP contribution in [-0.4, -0.2) is 28.6 Å². The van der Waals surface area contributed by atoms with E-state index in [1.807, 2.05) is 37.3 Å². The third-order valence-corrected chi connectivity index (χ3v) is 4.47. The highest BCUT2D eigenvalue weighted by Gasteiger charge is 2.18. The van der Waals surface area contributed by atoms with E-state index in [2.05, 4.69) is 15.7 Å². The predicted octanol–water partition coefficient (Wildman–Crippen LogP) is 3.70. The Bertz CT molecular complexity index is 983. The van der Waals surface area contributed by atoms with Crippen molar-refractivity contribution in [3.8, 4) is 5.69 Å². The quantitative estimate of drug-likeness (QED) is 0.706. The molecule has 0 bridgehead atoms. The number of carbonyl (C=O) groups excluding carboxylic acids is 2. The Hall–Kier alpha value is -3.12. The zero-order chi connectivity index (χ0) is 19.4. The van der Waals surface area contributed by atoms with Crippen LogP contribution in [0.15, 0.2) is 54.7 Å². The first kappa shape index (κ1) is 18.7. The molecule has 0 radical (unpaired) electrons. The Labute approximate surface area is 162 Å². The third kappa shape index (κ3) is 3.85. The Kier molecular flexibility index (Phi) is 5.57. The molecule has 2 N–H and O–H groups in total. The van der Waals surface area contributed by atoms with Crippen molar-refractivity contribution in [2.45, 2.75) is 13.3 Å². The molecule has 138 valence electrons.